The molecule has 0 heterocycles. The molecule has 1 rings (SSSR count). The van der Waals surface area contributed by atoms with E-state index in [-0.39, 0.29) is 6.42 Å². The molecular formula is C13H14O2. The van der Waals surface area contributed by atoms with Crippen molar-refractivity contribution in [3.05, 3.63) is 35.4 Å². The molecule has 78 valence electrons. The number of hydrogen-bond acceptors (Lipinski definition) is 1. The third-order valence-corrected chi connectivity index (χ3v) is 2.09. The second-order valence-electron chi connectivity index (χ2n) is 3.21. The molecule has 15 heavy (non-hydrogen) atoms. The van der Waals surface area contributed by atoms with Crippen LogP contribution in [0, 0.1) is 11.8 Å². The van der Waals surface area contributed by atoms with Crippen LogP contribution in [0.3, 0.4) is 0 Å². The molecule has 0 bridgehead atoms. The molecule has 0 aliphatic rings. The normalized spacial score (nSPS) is 9.13. The molecule has 0 aromatic heterocycles. The van der Waals surface area contributed by atoms with Crippen molar-refractivity contribution in [2.45, 2.75) is 26.2 Å². The molecule has 0 spiro atoms. The van der Waals surface area contributed by atoms with Gasteiger partial charge in [-0.05, 0) is 18.1 Å². The SMILES string of the molecule is CCc1ccccc1C#CCCC(=O)O. The summed E-state index contributed by atoms with van der Waals surface area (Å²) in [6, 6.07) is 7.94. The Morgan fingerprint density at radius 3 is 2.80 bits per heavy atom. The van der Waals surface area contributed by atoms with Crippen LogP contribution in [0.25, 0.3) is 0 Å². The Morgan fingerprint density at radius 1 is 1.40 bits per heavy atom. The third-order valence-electron chi connectivity index (χ3n) is 2.09. The van der Waals surface area contributed by atoms with E-state index < -0.39 is 5.97 Å². The first-order chi connectivity index (χ1) is 7.24. The Kier molecular flexibility index (Phi) is 4.43. The number of hydrogen-bond donors (Lipinski definition) is 1. The second kappa shape index (κ2) is 5.87. The fourth-order valence-corrected chi connectivity index (χ4v) is 1.28. The highest BCUT2D eigenvalue weighted by atomic mass is 16.4. The van der Waals surface area contributed by atoms with Crippen LogP contribution in [0.5, 0.6) is 0 Å². The van der Waals surface area contributed by atoms with Gasteiger partial charge in [-0.15, -0.1) is 0 Å². The Bertz CT molecular complexity index is 396. The first-order valence-corrected chi connectivity index (χ1v) is 5.02. The van der Waals surface area contributed by atoms with Crippen LogP contribution in [-0.2, 0) is 11.2 Å². The lowest BCUT2D eigenvalue weighted by atomic mass is 10.1. The predicted molar refractivity (Wildman–Crippen MR) is 59.6 cm³/mol. The van der Waals surface area contributed by atoms with Crippen LogP contribution in [0.4, 0.5) is 0 Å². The van der Waals surface area contributed by atoms with Gasteiger partial charge in [-0.2, -0.15) is 0 Å². The van der Waals surface area contributed by atoms with Gasteiger partial charge in [0.1, 0.15) is 0 Å². The summed E-state index contributed by atoms with van der Waals surface area (Å²) in [5, 5.41) is 8.44. The van der Waals surface area contributed by atoms with Gasteiger partial charge in [0.15, 0.2) is 0 Å². The third kappa shape index (κ3) is 3.86. The van der Waals surface area contributed by atoms with E-state index >= 15 is 0 Å². The molecular weight excluding hydrogens is 188 g/mol. The van der Waals surface area contributed by atoms with Crippen molar-refractivity contribution < 1.29 is 9.90 Å². The minimum atomic E-state index is -0.798. The van der Waals surface area contributed by atoms with Gasteiger partial charge in [-0.1, -0.05) is 37.0 Å². The maximum Gasteiger partial charge on any atom is 0.304 e. The molecule has 1 aromatic rings. The molecule has 0 saturated carbocycles. The molecule has 0 amide bonds. The van der Waals surface area contributed by atoms with Crippen LogP contribution in [0.2, 0.25) is 0 Å². The molecule has 2 heteroatoms. The summed E-state index contributed by atoms with van der Waals surface area (Å²) in [5.74, 6) is 5.09. The van der Waals surface area contributed by atoms with Crippen LogP contribution < -0.4 is 0 Å². The molecule has 0 unspecified atom stereocenters. The highest BCUT2D eigenvalue weighted by Gasteiger charge is 1.95. The highest BCUT2D eigenvalue weighted by Crippen LogP contribution is 2.07. The summed E-state index contributed by atoms with van der Waals surface area (Å²) < 4.78 is 0. The minimum Gasteiger partial charge on any atom is -0.481 e. The standard InChI is InChI=1S/C13H14O2/c1-2-11-7-3-4-8-12(11)9-5-6-10-13(14)15/h3-4,7-8H,2,6,10H2,1H3,(H,14,15). The highest BCUT2D eigenvalue weighted by molar-refractivity contribution is 5.67. The number of carboxylic acid groups (broad SMARTS) is 1. The van der Waals surface area contributed by atoms with Gasteiger partial charge in [0.2, 0.25) is 0 Å². The topological polar surface area (TPSA) is 37.3 Å². The van der Waals surface area contributed by atoms with E-state index in [9.17, 15) is 4.79 Å². The average Bonchev–Trinajstić information content (AvgIpc) is 2.24. The van der Waals surface area contributed by atoms with Crippen LogP contribution in [0.1, 0.15) is 30.9 Å². The summed E-state index contributed by atoms with van der Waals surface area (Å²) in [6.45, 7) is 2.08. The maximum absolute atomic E-state index is 10.3. The van der Waals surface area contributed by atoms with Gasteiger partial charge in [-0.3, -0.25) is 4.79 Å². The number of carboxylic acids is 1. The molecule has 0 aliphatic heterocycles. The van der Waals surface area contributed by atoms with Crippen molar-refractivity contribution in [1.29, 1.82) is 0 Å². The van der Waals surface area contributed by atoms with E-state index in [0.29, 0.717) is 6.42 Å². The Labute approximate surface area is 89.9 Å². The van der Waals surface area contributed by atoms with E-state index in [2.05, 4.69) is 18.8 Å². The first kappa shape index (κ1) is 11.3. The number of carbonyl (C=O) groups is 1. The lowest BCUT2D eigenvalue weighted by Crippen LogP contribution is -1.92. The molecule has 0 fully saturated rings. The molecule has 0 saturated heterocycles. The van der Waals surface area contributed by atoms with E-state index in [4.69, 9.17) is 5.11 Å². The Hall–Kier alpha value is -1.75. The molecule has 1 N–H and O–H groups in total. The van der Waals surface area contributed by atoms with Gasteiger partial charge in [0.05, 0.1) is 6.42 Å². The summed E-state index contributed by atoms with van der Waals surface area (Å²) in [7, 11) is 0. The van der Waals surface area contributed by atoms with Gasteiger partial charge in [0.25, 0.3) is 0 Å². The van der Waals surface area contributed by atoms with Gasteiger partial charge in [0, 0.05) is 12.0 Å². The van der Waals surface area contributed by atoms with Gasteiger partial charge < -0.3 is 5.11 Å². The van der Waals surface area contributed by atoms with Crippen molar-refractivity contribution >= 4 is 5.97 Å². The van der Waals surface area contributed by atoms with Crippen LogP contribution in [0.15, 0.2) is 24.3 Å². The molecule has 1 aromatic carbocycles. The second-order valence-corrected chi connectivity index (χ2v) is 3.21. The van der Waals surface area contributed by atoms with Crippen molar-refractivity contribution in [3.8, 4) is 11.8 Å². The van der Waals surface area contributed by atoms with Crippen LogP contribution in [-0.4, -0.2) is 11.1 Å². The van der Waals surface area contributed by atoms with Crippen LogP contribution >= 0.6 is 0 Å². The van der Waals surface area contributed by atoms with E-state index in [1.54, 1.807) is 0 Å². The number of aryl methyl sites for hydroxylation is 1. The number of benzene rings is 1. The van der Waals surface area contributed by atoms with E-state index in [1.807, 2.05) is 24.3 Å². The quantitative estimate of drug-likeness (QED) is 0.764. The largest absolute Gasteiger partial charge is 0.481 e. The first-order valence-electron chi connectivity index (χ1n) is 5.02. The number of rotatable bonds is 3. The molecule has 0 radical (unpaired) electrons. The summed E-state index contributed by atoms with van der Waals surface area (Å²) in [6.07, 6.45) is 1.47. The fraction of sp³-hybridized carbons (Fsp3) is 0.308. The Morgan fingerprint density at radius 2 is 2.13 bits per heavy atom. The van der Waals surface area contributed by atoms with E-state index in [1.165, 1.54) is 5.56 Å². The minimum absolute atomic E-state index is 0.112. The average molecular weight is 202 g/mol. The fourth-order valence-electron chi connectivity index (χ4n) is 1.28. The monoisotopic (exact) mass is 202 g/mol. The lowest BCUT2D eigenvalue weighted by Gasteiger charge is -1.98. The van der Waals surface area contributed by atoms with Crippen molar-refractivity contribution in [3.63, 3.8) is 0 Å². The van der Waals surface area contributed by atoms with Gasteiger partial charge in [-0.25, -0.2) is 0 Å². The summed E-state index contributed by atoms with van der Waals surface area (Å²) in [4.78, 5) is 10.3. The zero-order chi connectivity index (χ0) is 11.1. The molecule has 0 aliphatic carbocycles. The van der Waals surface area contributed by atoms with Crippen molar-refractivity contribution in [2.24, 2.45) is 0 Å². The summed E-state index contributed by atoms with van der Waals surface area (Å²) in [5.41, 5.74) is 2.21. The van der Waals surface area contributed by atoms with Crippen molar-refractivity contribution in [2.75, 3.05) is 0 Å². The Balaban J connectivity index is 2.66. The number of aliphatic carboxylic acids is 1. The van der Waals surface area contributed by atoms with Gasteiger partial charge >= 0.3 is 5.97 Å². The van der Waals surface area contributed by atoms with Crippen molar-refractivity contribution in [1.82, 2.24) is 0 Å². The molecule has 0 atom stereocenters. The zero-order valence-corrected chi connectivity index (χ0v) is 8.79. The molecule has 2 nitrogen and oxygen atoms in total. The van der Waals surface area contributed by atoms with E-state index in [0.717, 1.165) is 12.0 Å². The summed E-state index contributed by atoms with van der Waals surface area (Å²) >= 11 is 0. The predicted octanol–water partition coefficient (Wildman–Crippen LogP) is 2.47. The zero-order valence-electron chi connectivity index (χ0n) is 8.79. The smallest absolute Gasteiger partial charge is 0.304 e. The lowest BCUT2D eigenvalue weighted by molar-refractivity contribution is -0.136. The maximum atomic E-state index is 10.3.